The van der Waals surface area contributed by atoms with Gasteiger partial charge in [-0.3, -0.25) is 0 Å². The van der Waals surface area contributed by atoms with Gasteiger partial charge in [0.15, 0.2) is 0 Å². The first-order valence-electron chi connectivity index (χ1n) is 6.83. The van der Waals surface area contributed by atoms with E-state index >= 15 is 0 Å². The van der Waals surface area contributed by atoms with E-state index in [2.05, 4.69) is 0 Å². The van der Waals surface area contributed by atoms with Crippen LogP contribution in [0.15, 0.2) is 0 Å². The van der Waals surface area contributed by atoms with Crippen LogP contribution >= 0.6 is 0 Å². The van der Waals surface area contributed by atoms with Crippen LogP contribution in [0.1, 0.15) is 27.7 Å². The maximum atomic E-state index is 9.53. The zero-order valence-electron chi connectivity index (χ0n) is 15.1. The minimum Gasteiger partial charge on any atom is -0.852 e. The number of aliphatic hydroxyl groups is 2. The Bertz CT molecular complexity index is 127. The molecule has 0 saturated heterocycles. The average Bonchev–Trinajstić information content (AvgIpc) is 2.15. The molecule has 2 N–H and O–H groups in total. The van der Waals surface area contributed by atoms with Gasteiger partial charge in [0, 0.05) is 13.1 Å². The minimum atomic E-state index is -0.417. The van der Waals surface area contributed by atoms with Crippen LogP contribution < -0.4 is 10.2 Å². The van der Waals surface area contributed by atoms with Crippen LogP contribution in [0.4, 0.5) is 0 Å². The molecule has 7 heteroatoms. The van der Waals surface area contributed by atoms with Crippen molar-refractivity contribution in [1.29, 1.82) is 0 Å². The smallest absolute Gasteiger partial charge is 0.852 e. The molecule has 0 bridgehead atoms. The van der Waals surface area contributed by atoms with Gasteiger partial charge in [-0.15, -0.1) is 12.2 Å². The molecule has 130 valence electrons. The molecule has 0 aliphatic heterocycles. The molecule has 0 amide bonds. The van der Waals surface area contributed by atoms with Gasteiger partial charge in [0.05, 0.1) is 13.2 Å². The molecular formula is C14H36N2O4Ti. The number of nitrogens with zero attached hydrogens (tertiary/aromatic N) is 2. The second kappa shape index (κ2) is 28.6. The Morgan fingerprint density at radius 1 is 0.714 bits per heavy atom. The van der Waals surface area contributed by atoms with E-state index in [-0.39, 0.29) is 34.9 Å². The standard InChI is InChI=1S/2C4H11NO.2C3H7O.Ti/c2*1-5(2)3-4-6;2*1-3(2)4;/h2*6H,3-4H2,1-2H3;2*3H,1-2H3;/q;;2*-1;+2. The normalized spacial score (nSPS) is 9.14. The van der Waals surface area contributed by atoms with E-state index in [9.17, 15) is 10.2 Å². The molecule has 21 heavy (non-hydrogen) atoms. The van der Waals surface area contributed by atoms with Gasteiger partial charge in [-0.25, -0.2) is 0 Å². The Hall–Kier alpha value is 0.474. The molecule has 0 radical (unpaired) electrons. The van der Waals surface area contributed by atoms with Crippen LogP contribution in [0.5, 0.6) is 0 Å². The molecule has 0 atom stereocenters. The van der Waals surface area contributed by atoms with Crippen LogP contribution in [-0.2, 0) is 21.7 Å². The van der Waals surface area contributed by atoms with Crippen molar-refractivity contribution in [1.82, 2.24) is 9.80 Å². The van der Waals surface area contributed by atoms with Crippen molar-refractivity contribution in [3.63, 3.8) is 0 Å². The summed E-state index contributed by atoms with van der Waals surface area (Å²) in [6, 6.07) is 0. The summed E-state index contributed by atoms with van der Waals surface area (Å²) in [6.07, 6.45) is -0.833. The van der Waals surface area contributed by atoms with Crippen molar-refractivity contribution in [2.45, 2.75) is 39.9 Å². The predicted molar refractivity (Wildman–Crippen MR) is 81.6 cm³/mol. The van der Waals surface area contributed by atoms with Crippen molar-refractivity contribution in [3.05, 3.63) is 0 Å². The quantitative estimate of drug-likeness (QED) is 0.609. The first-order valence-corrected chi connectivity index (χ1v) is 6.83. The summed E-state index contributed by atoms with van der Waals surface area (Å²) < 4.78 is 0. The Kier molecular flexibility index (Phi) is 45.2. The van der Waals surface area contributed by atoms with Gasteiger partial charge in [0.2, 0.25) is 0 Å². The van der Waals surface area contributed by atoms with Crippen molar-refractivity contribution in [2.24, 2.45) is 0 Å². The monoisotopic (exact) mass is 344 g/mol. The second-order valence-corrected chi connectivity index (χ2v) is 5.15. The largest absolute Gasteiger partial charge is 2.00 e. The number of aliphatic hydroxyl groups excluding tert-OH is 2. The Morgan fingerprint density at radius 3 is 0.857 bits per heavy atom. The molecule has 6 nitrogen and oxygen atoms in total. The zero-order valence-corrected chi connectivity index (χ0v) is 16.7. The zero-order chi connectivity index (χ0) is 17.1. The third-order valence-corrected chi connectivity index (χ3v) is 1.09. The van der Waals surface area contributed by atoms with E-state index in [1.807, 2.05) is 38.0 Å². The maximum Gasteiger partial charge on any atom is 2.00 e. The summed E-state index contributed by atoms with van der Waals surface area (Å²) in [5.74, 6) is 0. The predicted octanol–water partition coefficient (Wildman–Crippen LogP) is -1.41. The number of hydrogen-bond donors (Lipinski definition) is 2. The van der Waals surface area contributed by atoms with E-state index in [0.717, 1.165) is 13.1 Å². The molecule has 0 unspecified atom stereocenters. The third kappa shape index (κ3) is 167. The molecule has 0 fully saturated rings. The van der Waals surface area contributed by atoms with E-state index in [4.69, 9.17) is 10.2 Å². The number of rotatable bonds is 4. The summed E-state index contributed by atoms with van der Waals surface area (Å²) in [7, 11) is 7.71. The Morgan fingerprint density at radius 2 is 0.857 bits per heavy atom. The topological polar surface area (TPSA) is 93.1 Å². The summed E-state index contributed by atoms with van der Waals surface area (Å²) >= 11 is 0. The van der Waals surface area contributed by atoms with Gasteiger partial charge in [-0.1, -0.05) is 27.7 Å². The molecule has 0 spiro atoms. The van der Waals surface area contributed by atoms with Gasteiger partial charge in [-0.05, 0) is 28.2 Å². The number of hydrogen-bond acceptors (Lipinski definition) is 6. The molecular weight excluding hydrogens is 308 g/mol. The first-order chi connectivity index (χ1) is 9.00. The number of likely N-dealkylation sites (N-methyl/N-ethyl adjacent to an activating group) is 2. The molecule has 0 rings (SSSR count). The van der Waals surface area contributed by atoms with Crippen molar-refractivity contribution >= 4 is 0 Å². The van der Waals surface area contributed by atoms with Gasteiger partial charge in [-0.2, -0.15) is 0 Å². The fourth-order valence-corrected chi connectivity index (χ4v) is 0.400. The van der Waals surface area contributed by atoms with Crippen LogP contribution in [0.3, 0.4) is 0 Å². The summed E-state index contributed by atoms with van der Waals surface area (Å²) in [6.45, 7) is 8.49. The molecule has 0 aliphatic carbocycles. The molecule has 0 aliphatic rings. The molecule has 0 aromatic rings. The SMILES string of the molecule is CC(C)[O-].CC(C)[O-].CN(C)CCO.CN(C)CCO.[Ti+2]. The van der Waals surface area contributed by atoms with E-state index in [1.54, 1.807) is 27.7 Å². The van der Waals surface area contributed by atoms with Crippen LogP contribution in [0, 0.1) is 0 Å². The van der Waals surface area contributed by atoms with E-state index in [0.29, 0.717) is 0 Å². The Balaban J connectivity index is -0.0000000544. The van der Waals surface area contributed by atoms with Gasteiger partial charge >= 0.3 is 21.7 Å². The Labute approximate surface area is 146 Å². The fourth-order valence-electron chi connectivity index (χ4n) is 0.400. The summed E-state index contributed by atoms with van der Waals surface area (Å²) in [5, 5.41) is 35.4. The average molecular weight is 344 g/mol. The van der Waals surface area contributed by atoms with Crippen molar-refractivity contribution < 1.29 is 42.1 Å². The maximum absolute atomic E-state index is 9.53. The van der Waals surface area contributed by atoms with E-state index < -0.39 is 12.2 Å². The molecule has 0 aromatic carbocycles. The third-order valence-electron chi connectivity index (χ3n) is 1.09. The molecule has 0 saturated carbocycles. The summed E-state index contributed by atoms with van der Waals surface area (Å²) in [5.41, 5.74) is 0. The van der Waals surface area contributed by atoms with Crippen molar-refractivity contribution in [3.8, 4) is 0 Å². The van der Waals surface area contributed by atoms with E-state index in [1.165, 1.54) is 0 Å². The minimum absolute atomic E-state index is 0. The van der Waals surface area contributed by atoms with Crippen LogP contribution in [-0.4, -0.2) is 86.7 Å². The van der Waals surface area contributed by atoms with Crippen molar-refractivity contribution in [2.75, 3.05) is 54.5 Å². The summed E-state index contributed by atoms with van der Waals surface area (Å²) in [4.78, 5) is 3.86. The fraction of sp³-hybridized carbons (Fsp3) is 1.00. The van der Waals surface area contributed by atoms with Gasteiger partial charge in [0.25, 0.3) is 0 Å². The van der Waals surface area contributed by atoms with Gasteiger partial charge < -0.3 is 30.2 Å². The molecule has 0 aromatic heterocycles. The second-order valence-electron chi connectivity index (χ2n) is 5.15. The first kappa shape index (κ1) is 33.2. The molecule has 0 heterocycles. The van der Waals surface area contributed by atoms with Crippen LogP contribution in [0.2, 0.25) is 0 Å². The van der Waals surface area contributed by atoms with Gasteiger partial charge in [0.1, 0.15) is 0 Å². The van der Waals surface area contributed by atoms with Crippen LogP contribution in [0.25, 0.3) is 0 Å².